The molecular formula is C12H12ClN3S. The Hall–Kier alpha value is -1.26. The molecule has 0 saturated carbocycles. The van der Waals surface area contributed by atoms with Crippen LogP contribution in [0.1, 0.15) is 11.1 Å². The number of nitrogens with zero attached hydrogens (tertiary/aromatic N) is 2. The number of nitrogen functional groups attached to an aromatic ring is 1. The van der Waals surface area contributed by atoms with Crippen LogP contribution in [0.3, 0.4) is 0 Å². The Morgan fingerprint density at radius 2 is 2.06 bits per heavy atom. The van der Waals surface area contributed by atoms with E-state index in [1.165, 1.54) is 29.1 Å². The molecule has 2 N–H and O–H groups in total. The van der Waals surface area contributed by atoms with Gasteiger partial charge >= 0.3 is 0 Å². The smallest absolute Gasteiger partial charge is 0.221 e. The molecule has 1 heterocycles. The molecular weight excluding hydrogens is 254 g/mol. The van der Waals surface area contributed by atoms with Crippen molar-refractivity contribution in [3.63, 3.8) is 0 Å². The number of aromatic nitrogens is 2. The van der Waals surface area contributed by atoms with Gasteiger partial charge < -0.3 is 5.73 Å². The fourth-order valence-corrected chi connectivity index (χ4v) is 2.54. The molecule has 0 atom stereocenters. The van der Waals surface area contributed by atoms with E-state index in [4.69, 9.17) is 17.3 Å². The molecule has 0 saturated heterocycles. The van der Waals surface area contributed by atoms with Crippen molar-refractivity contribution >= 4 is 29.3 Å². The lowest BCUT2D eigenvalue weighted by molar-refractivity contribution is 1.06. The summed E-state index contributed by atoms with van der Waals surface area (Å²) in [6.07, 6.45) is 1.53. The molecule has 2 aromatic rings. The summed E-state index contributed by atoms with van der Waals surface area (Å²) < 4.78 is 0. The molecule has 0 aliphatic carbocycles. The largest absolute Gasteiger partial charge is 0.368 e. The van der Waals surface area contributed by atoms with Crippen LogP contribution in [-0.4, -0.2) is 9.97 Å². The summed E-state index contributed by atoms with van der Waals surface area (Å²) >= 11 is 7.54. The van der Waals surface area contributed by atoms with Crippen LogP contribution in [-0.2, 0) is 0 Å². The molecule has 5 heteroatoms. The van der Waals surface area contributed by atoms with Gasteiger partial charge in [0, 0.05) is 4.90 Å². The van der Waals surface area contributed by atoms with Gasteiger partial charge in [0.2, 0.25) is 5.95 Å². The van der Waals surface area contributed by atoms with Crippen LogP contribution in [0, 0.1) is 13.8 Å². The minimum absolute atomic E-state index is 0.238. The highest BCUT2D eigenvalue weighted by atomic mass is 35.5. The third kappa shape index (κ3) is 2.90. The zero-order valence-electron chi connectivity index (χ0n) is 9.57. The molecule has 0 amide bonds. The first-order chi connectivity index (χ1) is 8.06. The molecule has 3 nitrogen and oxygen atoms in total. The van der Waals surface area contributed by atoms with Crippen LogP contribution in [0.2, 0.25) is 5.02 Å². The highest BCUT2D eigenvalue weighted by Crippen LogP contribution is 2.33. The lowest BCUT2D eigenvalue weighted by atomic mass is 10.2. The zero-order valence-corrected chi connectivity index (χ0v) is 11.1. The maximum atomic E-state index is 6.04. The lowest BCUT2D eigenvalue weighted by Gasteiger charge is -2.07. The number of rotatable bonds is 2. The van der Waals surface area contributed by atoms with Crippen molar-refractivity contribution in [2.45, 2.75) is 23.8 Å². The fraction of sp³-hybridized carbons (Fsp3) is 0.167. The maximum Gasteiger partial charge on any atom is 0.221 e. The number of nitrogens with two attached hydrogens (primary N) is 1. The standard InChI is InChI=1S/C12H12ClN3S/c1-7-3-4-8(2)10(5-7)17-11-9(13)6-15-12(14)16-11/h3-6H,1-2H3,(H2,14,15,16). The van der Waals surface area contributed by atoms with Gasteiger partial charge in [-0.3, -0.25) is 0 Å². The van der Waals surface area contributed by atoms with Crippen molar-refractivity contribution in [3.05, 3.63) is 40.5 Å². The van der Waals surface area contributed by atoms with Crippen LogP contribution >= 0.6 is 23.4 Å². The maximum absolute atomic E-state index is 6.04. The zero-order chi connectivity index (χ0) is 12.4. The van der Waals surface area contributed by atoms with Gasteiger partial charge in [0.05, 0.1) is 11.2 Å². The summed E-state index contributed by atoms with van der Waals surface area (Å²) in [6, 6.07) is 6.26. The molecule has 0 fully saturated rings. The number of anilines is 1. The summed E-state index contributed by atoms with van der Waals surface area (Å²) in [5, 5.41) is 1.21. The lowest BCUT2D eigenvalue weighted by Crippen LogP contribution is -1.95. The van der Waals surface area contributed by atoms with Crippen molar-refractivity contribution in [1.82, 2.24) is 9.97 Å². The van der Waals surface area contributed by atoms with Crippen LogP contribution in [0.4, 0.5) is 5.95 Å². The number of hydrogen-bond donors (Lipinski definition) is 1. The van der Waals surface area contributed by atoms with Gasteiger partial charge in [0.15, 0.2) is 0 Å². The second-order valence-electron chi connectivity index (χ2n) is 3.75. The van der Waals surface area contributed by atoms with Crippen molar-refractivity contribution in [2.24, 2.45) is 0 Å². The highest BCUT2D eigenvalue weighted by Gasteiger charge is 2.08. The van der Waals surface area contributed by atoms with Gasteiger partial charge in [-0.2, -0.15) is 0 Å². The molecule has 88 valence electrons. The predicted octanol–water partition coefficient (Wildman–Crippen LogP) is 3.48. The summed E-state index contributed by atoms with van der Waals surface area (Å²) in [7, 11) is 0. The molecule has 0 radical (unpaired) electrons. The fourth-order valence-electron chi connectivity index (χ4n) is 1.36. The first kappa shape index (κ1) is 12.2. The van der Waals surface area contributed by atoms with E-state index in [-0.39, 0.29) is 5.95 Å². The number of benzene rings is 1. The molecule has 2 rings (SSSR count). The van der Waals surface area contributed by atoms with Crippen LogP contribution in [0.5, 0.6) is 0 Å². The Kier molecular flexibility index (Phi) is 3.54. The third-order valence-corrected chi connectivity index (χ3v) is 3.83. The monoisotopic (exact) mass is 265 g/mol. The Balaban J connectivity index is 2.37. The highest BCUT2D eigenvalue weighted by molar-refractivity contribution is 7.99. The third-order valence-electron chi connectivity index (χ3n) is 2.28. The van der Waals surface area contributed by atoms with E-state index in [9.17, 15) is 0 Å². The van der Waals surface area contributed by atoms with E-state index in [0.29, 0.717) is 10.0 Å². The first-order valence-electron chi connectivity index (χ1n) is 5.09. The SMILES string of the molecule is Cc1ccc(C)c(Sc2nc(N)ncc2Cl)c1. The molecule has 1 aromatic heterocycles. The quantitative estimate of drug-likeness (QED) is 0.845. The van der Waals surface area contributed by atoms with E-state index >= 15 is 0 Å². The number of hydrogen-bond acceptors (Lipinski definition) is 4. The average Bonchev–Trinajstić information content (AvgIpc) is 2.28. The van der Waals surface area contributed by atoms with Crippen molar-refractivity contribution < 1.29 is 0 Å². The Bertz CT molecular complexity index is 508. The van der Waals surface area contributed by atoms with Crippen LogP contribution < -0.4 is 5.73 Å². The number of halogens is 1. The normalized spacial score (nSPS) is 10.5. The van der Waals surface area contributed by atoms with Gasteiger partial charge in [-0.1, -0.05) is 35.5 Å². The Morgan fingerprint density at radius 3 is 2.82 bits per heavy atom. The van der Waals surface area contributed by atoms with Gasteiger partial charge in [0.1, 0.15) is 5.03 Å². The second-order valence-corrected chi connectivity index (χ2v) is 5.19. The van der Waals surface area contributed by atoms with E-state index in [1.807, 2.05) is 0 Å². The van der Waals surface area contributed by atoms with Gasteiger partial charge in [-0.25, -0.2) is 9.97 Å². The molecule has 0 aliphatic rings. The van der Waals surface area contributed by atoms with Gasteiger partial charge in [-0.05, 0) is 31.0 Å². The van der Waals surface area contributed by atoms with Crippen molar-refractivity contribution in [2.75, 3.05) is 5.73 Å². The van der Waals surface area contributed by atoms with E-state index < -0.39 is 0 Å². The van der Waals surface area contributed by atoms with Crippen LogP contribution in [0.15, 0.2) is 34.3 Å². The van der Waals surface area contributed by atoms with E-state index in [1.54, 1.807) is 0 Å². The van der Waals surface area contributed by atoms with E-state index in [2.05, 4.69) is 42.0 Å². The van der Waals surface area contributed by atoms with Gasteiger partial charge in [-0.15, -0.1) is 0 Å². The molecule has 17 heavy (non-hydrogen) atoms. The minimum atomic E-state index is 0.238. The minimum Gasteiger partial charge on any atom is -0.368 e. The summed E-state index contributed by atoms with van der Waals surface area (Å²) in [6.45, 7) is 4.11. The molecule has 0 bridgehead atoms. The summed E-state index contributed by atoms with van der Waals surface area (Å²) in [5.74, 6) is 0.238. The van der Waals surface area contributed by atoms with E-state index in [0.717, 1.165) is 4.90 Å². The second kappa shape index (κ2) is 4.94. The summed E-state index contributed by atoms with van der Waals surface area (Å²) in [4.78, 5) is 9.11. The molecule has 0 unspecified atom stereocenters. The Labute approximate surface area is 109 Å². The molecule has 0 aliphatic heterocycles. The molecule has 0 spiro atoms. The topological polar surface area (TPSA) is 51.8 Å². The summed E-state index contributed by atoms with van der Waals surface area (Å²) in [5.41, 5.74) is 7.95. The number of aryl methyl sites for hydroxylation is 2. The predicted molar refractivity (Wildman–Crippen MR) is 71.5 cm³/mol. The molecule has 1 aromatic carbocycles. The van der Waals surface area contributed by atoms with Gasteiger partial charge in [0.25, 0.3) is 0 Å². The van der Waals surface area contributed by atoms with Crippen molar-refractivity contribution in [3.8, 4) is 0 Å². The average molecular weight is 266 g/mol. The Morgan fingerprint density at radius 1 is 1.29 bits per heavy atom. The first-order valence-corrected chi connectivity index (χ1v) is 6.29. The van der Waals surface area contributed by atoms with Crippen LogP contribution in [0.25, 0.3) is 0 Å². The van der Waals surface area contributed by atoms with Crippen molar-refractivity contribution in [1.29, 1.82) is 0 Å².